The first-order valence-corrected chi connectivity index (χ1v) is 9.55. The maximum atomic E-state index is 11.8. The molecule has 29 heavy (non-hydrogen) atoms. The largest absolute Gasteiger partial charge is 0.497 e. The second kappa shape index (κ2) is 7.82. The van der Waals surface area contributed by atoms with E-state index in [0.717, 1.165) is 12.8 Å². The fourth-order valence-electron chi connectivity index (χ4n) is 4.18. The summed E-state index contributed by atoms with van der Waals surface area (Å²) in [5.74, 6) is 1.07. The number of ether oxygens (including phenoxy) is 1. The lowest BCUT2D eigenvalue weighted by Crippen LogP contribution is -2.60. The van der Waals surface area contributed by atoms with Gasteiger partial charge in [-0.1, -0.05) is 0 Å². The van der Waals surface area contributed by atoms with Gasteiger partial charge in [0.15, 0.2) is 0 Å². The van der Waals surface area contributed by atoms with Crippen molar-refractivity contribution in [1.29, 1.82) is 0 Å². The second-order valence-corrected chi connectivity index (χ2v) is 8.67. The van der Waals surface area contributed by atoms with Crippen LogP contribution in [-0.4, -0.2) is 39.1 Å². The minimum atomic E-state index is -0.453. The molecule has 0 bridgehead atoms. The Morgan fingerprint density at radius 2 is 1.69 bits per heavy atom. The summed E-state index contributed by atoms with van der Waals surface area (Å²) in [6.45, 7) is 8.53. The van der Waals surface area contributed by atoms with E-state index in [1.54, 1.807) is 31.4 Å². The highest BCUT2D eigenvalue weighted by molar-refractivity contribution is 5.74. The van der Waals surface area contributed by atoms with Gasteiger partial charge in [-0.3, -0.25) is 10.1 Å². The van der Waals surface area contributed by atoms with Crippen molar-refractivity contribution in [1.82, 2.24) is 15.3 Å². The van der Waals surface area contributed by atoms with Gasteiger partial charge in [-0.25, -0.2) is 9.97 Å². The summed E-state index contributed by atoms with van der Waals surface area (Å²) in [5, 5.41) is 21.8. The molecule has 3 N–H and O–H groups in total. The summed E-state index contributed by atoms with van der Waals surface area (Å²) in [6.07, 6.45) is 2.97. The van der Waals surface area contributed by atoms with Gasteiger partial charge in [0.2, 0.25) is 11.6 Å². The fourth-order valence-corrected chi connectivity index (χ4v) is 4.18. The van der Waals surface area contributed by atoms with Crippen LogP contribution >= 0.6 is 0 Å². The van der Waals surface area contributed by atoms with E-state index >= 15 is 0 Å². The Morgan fingerprint density at radius 3 is 2.24 bits per heavy atom. The summed E-state index contributed by atoms with van der Waals surface area (Å²) in [5.41, 5.74) is 0.316. The maximum absolute atomic E-state index is 11.8. The van der Waals surface area contributed by atoms with Crippen LogP contribution < -0.4 is 20.7 Å². The summed E-state index contributed by atoms with van der Waals surface area (Å²) in [4.78, 5) is 19.7. The molecule has 0 radical (unpaired) electrons. The molecule has 9 heteroatoms. The van der Waals surface area contributed by atoms with Crippen molar-refractivity contribution in [3.8, 4) is 5.75 Å². The van der Waals surface area contributed by atoms with E-state index in [2.05, 4.69) is 53.6 Å². The Bertz CT molecular complexity index is 866. The molecule has 1 fully saturated rings. The lowest BCUT2D eigenvalue weighted by Gasteiger charge is -2.46. The zero-order chi connectivity index (χ0) is 21.2. The van der Waals surface area contributed by atoms with E-state index in [4.69, 9.17) is 4.74 Å². The molecule has 2 heterocycles. The molecule has 1 aromatic carbocycles. The molecule has 0 amide bonds. The molecule has 1 saturated heterocycles. The van der Waals surface area contributed by atoms with Crippen LogP contribution in [0.2, 0.25) is 0 Å². The third kappa shape index (κ3) is 5.11. The van der Waals surface area contributed by atoms with E-state index in [0.29, 0.717) is 11.4 Å². The van der Waals surface area contributed by atoms with Crippen molar-refractivity contribution in [3.05, 3.63) is 40.7 Å². The van der Waals surface area contributed by atoms with Gasteiger partial charge in [-0.05, 0) is 64.8 Å². The number of hydrogen-bond donors (Lipinski definition) is 3. The van der Waals surface area contributed by atoms with Crippen LogP contribution in [0, 0.1) is 10.1 Å². The molecule has 9 nitrogen and oxygen atoms in total. The zero-order valence-electron chi connectivity index (χ0n) is 17.4. The number of nitro groups is 1. The molecule has 0 atom stereocenters. The van der Waals surface area contributed by atoms with Crippen molar-refractivity contribution >= 4 is 23.0 Å². The number of hydrogen-bond acceptors (Lipinski definition) is 8. The molecule has 156 valence electrons. The van der Waals surface area contributed by atoms with Gasteiger partial charge in [0.25, 0.3) is 0 Å². The van der Waals surface area contributed by atoms with Gasteiger partial charge < -0.3 is 20.7 Å². The molecule has 1 aliphatic heterocycles. The van der Waals surface area contributed by atoms with Gasteiger partial charge in [0.1, 0.15) is 12.1 Å². The SMILES string of the molecule is COc1ccc(Nc2ncnc(NC3CC(C)(C)NC(C)(C)C3)c2[N+](=O)[O-])cc1. The summed E-state index contributed by atoms with van der Waals surface area (Å²) in [6, 6.07) is 7.14. The monoisotopic (exact) mass is 400 g/mol. The fraction of sp³-hybridized carbons (Fsp3) is 0.500. The molecule has 3 rings (SSSR count). The number of piperidine rings is 1. The first kappa shape index (κ1) is 20.8. The van der Waals surface area contributed by atoms with Crippen LogP contribution in [0.25, 0.3) is 0 Å². The first-order chi connectivity index (χ1) is 13.6. The van der Waals surface area contributed by atoms with Crippen LogP contribution in [0.3, 0.4) is 0 Å². The summed E-state index contributed by atoms with van der Waals surface area (Å²) < 4.78 is 5.14. The predicted octanol–water partition coefficient (Wildman–Crippen LogP) is 3.86. The molecule has 1 aromatic heterocycles. The molecule has 2 aromatic rings. The Hall–Kier alpha value is -2.94. The van der Waals surface area contributed by atoms with Gasteiger partial charge in [0.05, 0.1) is 12.0 Å². The summed E-state index contributed by atoms with van der Waals surface area (Å²) >= 11 is 0. The number of anilines is 3. The van der Waals surface area contributed by atoms with Gasteiger partial charge in [-0.15, -0.1) is 0 Å². The average Bonchev–Trinajstić information content (AvgIpc) is 2.59. The van der Waals surface area contributed by atoms with Gasteiger partial charge in [-0.2, -0.15) is 0 Å². The Kier molecular flexibility index (Phi) is 5.61. The normalized spacial score (nSPS) is 18.1. The predicted molar refractivity (Wildman–Crippen MR) is 113 cm³/mol. The number of benzene rings is 1. The minimum absolute atomic E-state index is 0.0451. The summed E-state index contributed by atoms with van der Waals surface area (Å²) in [7, 11) is 1.58. The van der Waals surface area contributed by atoms with E-state index in [1.165, 1.54) is 6.33 Å². The third-order valence-electron chi connectivity index (χ3n) is 4.89. The lowest BCUT2D eigenvalue weighted by molar-refractivity contribution is -0.383. The molecule has 0 saturated carbocycles. The Morgan fingerprint density at radius 1 is 1.10 bits per heavy atom. The van der Waals surface area contributed by atoms with Crippen LogP contribution in [0.4, 0.5) is 23.0 Å². The molecular weight excluding hydrogens is 372 g/mol. The number of rotatable bonds is 6. The number of nitrogens with zero attached hydrogens (tertiary/aromatic N) is 3. The Balaban J connectivity index is 1.87. The molecular formula is C20H28N6O3. The van der Waals surface area contributed by atoms with E-state index in [1.807, 2.05) is 0 Å². The van der Waals surface area contributed by atoms with E-state index in [9.17, 15) is 10.1 Å². The highest BCUT2D eigenvalue weighted by Crippen LogP contribution is 2.35. The van der Waals surface area contributed by atoms with Crippen molar-refractivity contribution in [2.45, 2.75) is 57.7 Å². The average molecular weight is 400 g/mol. The van der Waals surface area contributed by atoms with Crippen molar-refractivity contribution < 1.29 is 9.66 Å². The van der Waals surface area contributed by atoms with Gasteiger partial charge in [0, 0.05) is 22.8 Å². The van der Waals surface area contributed by atoms with Crippen LogP contribution in [0.15, 0.2) is 30.6 Å². The number of methoxy groups -OCH3 is 1. The molecule has 0 spiro atoms. The third-order valence-corrected chi connectivity index (χ3v) is 4.89. The number of aromatic nitrogens is 2. The van der Waals surface area contributed by atoms with E-state index < -0.39 is 4.92 Å². The minimum Gasteiger partial charge on any atom is -0.497 e. The second-order valence-electron chi connectivity index (χ2n) is 8.67. The van der Waals surface area contributed by atoms with E-state index in [-0.39, 0.29) is 34.4 Å². The molecule has 0 aliphatic carbocycles. The van der Waals surface area contributed by atoms with Crippen LogP contribution in [0.1, 0.15) is 40.5 Å². The van der Waals surface area contributed by atoms with Crippen LogP contribution in [0.5, 0.6) is 5.75 Å². The quantitative estimate of drug-likeness (QED) is 0.495. The van der Waals surface area contributed by atoms with Crippen molar-refractivity contribution in [3.63, 3.8) is 0 Å². The van der Waals surface area contributed by atoms with Crippen LogP contribution in [-0.2, 0) is 0 Å². The standard InChI is InChI=1S/C20H28N6O3/c1-19(2)10-14(11-20(3,4)25-19)24-18-16(26(27)28)17(21-12-22-18)23-13-6-8-15(29-5)9-7-13/h6-9,12,14,25H,10-11H2,1-5H3,(H2,21,22,23,24). The maximum Gasteiger partial charge on any atom is 0.353 e. The lowest BCUT2D eigenvalue weighted by atomic mass is 9.79. The molecule has 0 unspecified atom stereocenters. The Labute approximate surface area is 170 Å². The van der Waals surface area contributed by atoms with Crippen molar-refractivity contribution in [2.24, 2.45) is 0 Å². The molecule has 1 aliphatic rings. The number of nitrogens with one attached hydrogen (secondary N) is 3. The highest BCUT2D eigenvalue weighted by atomic mass is 16.6. The first-order valence-electron chi connectivity index (χ1n) is 9.55. The van der Waals surface area contributed by atoms with Gasteiger partial charge >= 0.3 is 5.69 Å². The highest BCUT2D eigenvalue weighted by Gasteiger charge is 2.38. The zero-order valence-corrected chi connectivity index (χ0v) is 17.4. The van der Waals surface area contributed by atoms with Crippen molar-refractivity contribution in [2.75, 3.05) is 17.7 Å². The smallest absolute Gasteiger partial charge is 0.353 e. The topological polar surface area (TPSA) is 114 Å².